The number of para-hydroxylation sites is 1. The number of hydrogen-bond acceptors (Lipinski definition) is 2. The van der Waals surface area contributed by atoms with Crippen molar-refractivity contribution >= 4 is 17.4 Å². The molecule has 1 heterocycles. The van der Waals surface area contributed by atoms with Gasteiger partial charge in [-0.25, -0.2) is 0 Å². The van der Waals surface area contributed by atoms with E-state index in [1.807, 2.05) is 11.8 Å². The first kappa shape index (κ1) is 8.86. The molecule has 1 aromatic rings. The van der Waals surface area contributed by atoms with Gasteiger partial charge in [-0.15, -0.1) is 0 Å². The summed E-state index contributed by atoms with van der Waals surface area (Å²) in [6.07, 6.45) is 9.71. The zero-order chi connectivity index (χ0) is 10.1. The number of anilines is 1. The maximum absolute atomic E-state index is 3.46. The minimum absolute atomic E-state index is 1.02. The van der Waals surface area contributed by atoms with Crippen LogP contribution in [0.15, 0.2) is 64.1 Å². The number of fused-ring (bicyclic) bond motifs is 2. The average Bonchev–Trinajstić information content (AvgIpc) is 2.50. The molecule has 3 rings (SSSR count). The van der Waals surface area contributed by atoms with E-state index in [-0.39, 0.29) is 0 Å². The molecule has 0 amide bonds. The van der Waals surface area contributed by atoms with E-state index in [1.165, 1.54) is 21.2 Å². The molecule has 1 aliphatic heterocycles. The monoisotopic (exact) mass is 213 g/mol. The molecule has 0 radical (unpaired) electrons. The van der Waals surface area contributed by atoms with Crippen LogP contribution >= 0.6 is 11.8 Å². The topological polar surface area (TPSA) is 12.0 Å². The third-order valence-corrected chi connectivity index (χ3v) is 3.66. The van der Waals surface area contributed by atoms with Crippen molar-refractivity contribution in [2.75, 3.05) is 5.32 Å². The minimum atomic E-state index is 1.02. The Morgan fingerprint density at radius 1 is 1.20 bits per heavy atom. The first-order valence-corrected chi connectivity index (χ1v) is 5.86. The summed E-state index contributed by atoms with van der Waals surface area (Å²) in [5.74, 6) is 0. The van der Waals surface area contributed by atoms with Gasteiger partial charge in [-0.05, 0) is 24.6 Å². The fraction of sp³-hybridized carbons (Fsp3) is 0.0769. The van der Waals surface area contributed by atoms with Gasteiger partial charge in [0.2, 0.25) is 0 Å². The van der Waals surface area contributed by atoms with E-state index < -0.39 is 0 Å². The first-order chi connectivity index (χ1) is 7.43. The molecule has 0 aromatic heterocycles. The van der Waals surface area contributed by atoms with Crippen LogP contribution in [0.1, 0.15) is 6.42 Å². The lowest BCUT2D eigenvalue weighted by Crippen LogP contribution is -2.06. The molecule has 1 aliphatic carbocycles. The molecule has 2 heteroatoms. The molecule has 0 saturated heterocycles. The van der Waals surface area contributed by atoms with Gasteiger partial charge in [-0.2, -0.15) is 0 Å². The maximum atomic E-state index is 3.46. The minimum Gasteiger partial charge on any atom is -0.354 e. The van der Waals surface area contributed by atoms with Crippen LogP contribution < -0.4 is 5.32 Å². The van der Waals surface area contributed by atoms with Crippen molar-refractivity contribution in [3.05, 3.63) is 59.2 Å². The Balaban J connectivity index is 2.07. The second-order valence-electron chi connectivity index (χ2n) is 3.54. The van der Waals surface area contributed by atoms with E-state index in [1.54, 1.807) is 0 Å². The molecular formula is C13H11NS. The van der Waals surface area contributed by atoms with E-state index in [9.17, 15) is 0 Å². The molecule has 1 aromatic carbocycles. The van der Waals surface area contributed by atoms with Crippen molar-refractivity contribution in [1.82, 2.24) is 0 Å². The van der Waals surface area contributed by atoms with Crippen molar-refractivity contribution < 1.29 is 0 Å². The van der Waals surface area contributed by atoms with Crippen molar-refractivity contribution in [2.45, 2.75) is 11.3 Å². The number of hydrogen-bond donors (Lipinski definition) is 1. The summed E-state index contributed by atoms with van der Waals surface area (Å²) in [5.41, 5.74) is 2.42. The largest absolute Gasteiger partial charge is 0.354 e. The van der Waals surface area contributed by atoms with Crippen LogP contribution in [-0.2, 0) is 0 Å². The summed E-state index contributed by atoms with van der Waals surface area (Å²) in [6.45, 7) is 0. The molecule has 0 bridgehead atoms. The average molecular weight is 213 g/mol. The van der Waals surface area contributed by atoms with Crippen molar-refractivity contribution in [3.8, 4) is 0 Å². The second-order valence-corrected chi connectivity index (χ2v) is 4.62. The van der Waals surface area contributed by atoms with Crippen molar-refractivity contribution in [1.29, 1.82) is 0 Å². The van der Waals surface area contributed by atoms with Gasteiger partial charge in [0.25, 0.3) is 0 Å². The van der Waals surface area contributed by atoms with Crippen LogP contribution in [0, 0.1) is 0 Å². The van der Waals surface area contributed by atoms with Gasteiger partial charge in [-0.1, -0.05) is 42.1 Å². The van der Waals surface area contributed by atoms with Crippen LogP contribution in [0.3, 0.4) is 0 Å². The Hall–Kier alpha value is -1.41. The maximum Gasteiger partial charge on any atom is 0.0526 e. The van der Waals surface area contributed by atoms with Crippen molar-refractivity contribution in [3.63, 3.8) is 0 Å². The molecule has 15 heavy (non-hydrogen) atoms. The van der Waals surface area contributed by atoms with Gasteiger partial charge < -0.3 is 5.32 Å². The molecule has 74 valence electrons. The highest BCUT2D eigenvalue weighted by atomic mass is 32.2. The van der Waals surface area contributed by atoms with Crippen LogP contribution in [0.2, 0.25) is 0 Å². The third kappa shape index (κ3) is 1.61. The summed E-state index contributed by atoms with van der Waals surface area (Å²) in [5, 5.41) is 3.46. The molecule has 2 aliphatic rings. The fourth-order valence-electron chi connectivity index (χ4n) is 1.73. The Kier molecular flexibility index (Phi) is 2.14. The molecule has 0 atom stereocenters. The predicted molar refractivity (Wildman–Crippen MR) is 65.8 cm³/mol. The van der Waals surface area contributed by atoms with Crippen LogP contribution in [0.4, 0.5) is 5.69 Å². The van der Waals surface area contributed by atoms with E-state index >= 15 is 0 Å². The Bertz CT molecular complexity index is 483. The van der Waals surface area contributed by atoms with Gasteiger partial charge in [0.1, 0.15) is 0 Å². The Morgan fingerprint density at radius 3 is 3.13 bits per heavy atom. The number of nitrogens with one attached hydrogen (secondary N) is 1. The molecule has 0 saturated carbocycles. The lowest BCUT2D eigenvalue weighted by molar-refractivity contribution is 1.32. The molecule has 1 nitrogen and oxygen atoms in total. The highest BCUT2D eigenvalue weighted by Crippen LogP contribution is 2.42. The van der Waals surface area contributed by atoms with E-state index in [2.05, 4.69) is 53.9 Å². The fourth-order valence-corrected chi connectivity index (χ4v) is 2.75. The Morgan fingerprint density at radius 2 is 2.13 bits per heavy atom. The lowest BCUT2D eigenvalue weighted by Gasteiger charge is -2.22. The molecular weight excluding hydrogens is 202 g/mol. The molecule has 1 N–H and O–H groups in total. The second kappa shape index (κ2) is 3.63. The first-order valence-electron chi connectivity index (χ1n) is 5.05. The standard InChI is InChI=1S/C13H11NS/c1-2-6-10-12(8-3-1)15-13-9-5-4-7-11(13)14-10/h1-2,4-9,14H,3H2. The number of allylic oxidation sites excluding steroid dienone is 4. The molecule has 0 unspecified atom stereocenters. The van der Waals surface area contributed by atoms with E-state index in [4.69, 9.17) is 0 Å². The molecule has 0 fully saturated rings. The number of benzene rings is 1. The van der Waals surface area contributed by atoms with Crippen LogP contribution in [-0.4, -0.2) is 0 Å². The normalized spacial score (nSPS) is 17.9. The number of thioether (sulfide) groups is 1. The zero-order valence-corrected chi connectivity index (χ0v) is 9.05. The smallest absolute Gasteiger partial charge is 0.0526 e. The van der Waals surface area contributed by atoms with E-state index in [0.29, 0.717) is 0 Å². The Labute approximate surface area is 93.6 Å². The summed E-state index contributed by atoms with van der Waals surface area (Å²) < 4.78 is 0. The van der Waals surface area contributed by atoms with Gasteiger partial charge in [0.15, 0.2) is 0 Å². The van der Waals surface area contributed by atoms with Gasteiger partial charge >= 0.3 is 0 Å². The predicted octanol–water partition coefficient (Wildman–Crippen LogP) is 3.93. The van der Waals surface area contributed by atoms with Crippen LogP contribution in [0.5, 0.6) is 0 Å². The highest BCUT2D eigenvalue weighted by Gasteiger charge is 2.16. The summed E-state index contributed by atoms with van der Waals surface area (Å²) in [6, 6.07) is 8.42. The van der Waals surface area contributed by atoms with Crippen molar-refractivity contribution in [2.24, 2.45) is 0 Å². The quantitative estimate of drug-likeness (QED) is 0.700. The summed E-state index contributed by atoms with van der Waals surface area (Å²) in [7, 11) is 0. The lowest BCUT2D eigenvalue weighted by atomic mass is 10.2. The van der Waals surface area contributed by atoms with Gasteiger partial charge in [0.05, 0.1) is 11.4 Å². The number of rotatable bonds is 0. The van der Waals surface area contributed by atoms with E-state index in [0.717, 1.165) is 6.42 Å². The molecule has 0 spiro atoms. The summed E-state index contributed by atoms with van der Waals surface area (Å²) >= 11 is 1.84. The van der Waals surface area contributed by atoms with Crippen LogP contribution in [0.25, 0.3) is 0 Å². The summed E-state index contributed by atoms with van der Waals surface area (Å²) in [4.78, 5) is 2.64. The highest BCUT2D eigenvalue weighted by molar-refractivity contribution is 8.03. The third-order valence-electron chi connectivity index (χ3n) is 2.48. The zero-order valence-electron chi connectivity index (χ0n) is 8.23. The van der Waals surface area contributed by atoms with Gasteiger partial charge in [-0.3, -0.25) is 0 Å². The van der Waals surface area contributed by atoms with Gasteiger partial charge in [0, 0.05) is 9.80 Å². The SMILES string of the molecule is C1=CCC=C2Sc3ccccc3NC2=C1.